The molecule has 0 aliphatic rings. The fraction of sp³-hybridized carbons (Fsp3) is 0.0769. The Labute approximate surface area is 133 Å². The Hall–Kier alpha value is -0.720. The van der Waals surface area contributed by atoms with Crippen molar-refractivity contribution in [1.29, 1.82) is 0 Å². The van der Waals surface area contributed by atoms with Crippen LogP contribution in [0.2, 0.25) is 10.0 Å². The first-order valence-corrected chi connectivity index (χ1v) is 7.05. The summed E-state index contributed by atoms with van der Waals surface area (Å²) in [7, 11) is 0. The molecule has 0 heterocycles. The minimum atomic E-state index is -0.985. The summed E-state index contributed by atoms with van der Waals surface area (Å²) in [4.78, 5) is 0. The van der Waals surface area contributed by atoms with E-state index < -0.39 is 17.7 Å². The molecule has 0 aromatic heterocycles. The zero-order valence-electron chi connectivity index (χ0n) is 9.93. The summed E-state index contributed by atoms with van der Waals surface area (Å²) in [6.45, 7) is 0. The smallest absolute Gasteiger partial charge is 0.173 e. The number of nitrogens with one attached hydrogen (secondary N) is 1. The number of hydrogen-bond donors (Lipinski definition) is 2. The van der Waals surface area contributed by atoms with Gasteiger partial charge in [0.05, 0.1) is 20.6 Å². The summed E-state index contributed by atoms with van der Waals surface area (Å²) in [5, 5.41) is 0.650. The van der Waals surface area contributed by atoms with Gasteiger partial charge in [-0.1, -0.05) is 41.4 Å². The van der Waals surface area contributed by atoms with Crippen molar-refractivity contribution in [2.75, 3.05) is 0 Å². The lowest BCUT2D eigenvalue weighted by Crippen LogP contribution is -2.29. The van der Waals surface area contributed by atoms with E-state index in [4.69, 9.17) is 29.0 Å². The summed E-state index contributed by atoms with van der Waals surface area (Å²) >= 11 is 15.1. The van der Waals surface area contributed by atoms with Gasteiger partial charge in [0.1, 0.15) is 0 Å². The molecule has 0 saturated carbocycles. The fourth-order valence-electron chi connectivity index (χ4n) is 1.85. The van der Waals surface area contributed by atoms with Crippen LogP contribution in [0.1, 0.15) is 17.2 Å². The van der Waals surface area contributed by atoms with Gasteiger partial charge in [-0.05, 0) is 39.2 Å². The SMILES string of the molecule is NNC(c1cccc(Cl)c1Cl)c1ccc(F)c(F)c1Br. The lowest BCUT2D eigenvalue weighted by molar-refractivity contribution is 0.498. The highest BCUT2D eigenvalue weighted by atomic mass is 79.9. The molecule has 20 heavy (non-hydrogen) atoms. The van der Waals surface area contributed by atoms with E-state index in [9.17, 15) is 8.78 Å². The molecule has 0 saturated heterocycles. The zero-order valence-corrected chi connectivity index (χ0v) is 13.0. The standard InChI is InChI=1S/C13H9BrCl2F2N2/c14-10-6(4-5-9(17)12(10)18)13(20-19)7-2-1-3-8(15)11(7)16/h1-5,13,20H,19H2. The van der Waals surface area contributed by atoms with Gasteiger partial charge < -0.3 is 0 Å². The second-order valence-corrected chi connectivity index (χ2v) is 5.59. The van der Waals surface area contributed by atoms with Gasteiger partial charge in [-0.15, -0.1) is 0 Å². The number of hydrogen-bond acceptors (Lipinski definition) is 2. The lowest BCUT2D eigenvalue weighted by Gasteiger charge is -2.20. The third kappa shape index (κ3) is 2.82. The Balaban J connectivity index is 2.59. The van der Waals surface area contributed by atoms with Crippen molar-refractivity contribution in [2.24, 2.45) is 5.84 Å². The van der Waals surface area contributed by atoms with E-state index in [0.29, 0.717) is 21.2 Å². The number of hydrazine groups is 1. The van der Waals surface area contributed by atoms with Crippen molar-refractivity contribution < 1.29 is 8.78 Å². The Bertz CT molecular complexity index is 653. The van der Waals surface area contributed by atoms with Crippen LogP contribution in [-0.2, 0) is 0 Å². The summed E-state index contributed by atoms with van der Waals surface area (Å²) in [6.07, 6.45) is 0. The molecule has 0 amide bonds. The maximum absolute atomic E-state index is 13.6. The van der Waals surface area contributed by atoms with Crippen LogP contribution in [0, 0.1) is 11.6 Å². The molecular weight excluding hydrogens is 373 g/mol. The molecule has 0 spiro atoms. The van der Waals surface area contributed by atoms with Crippen molar-refractivity contribution in [1.82, 2.24) is 5.43 Å². The van der Waals surface area contributed by atoms with Gasteiger partial charge in [-0.25, -0.2) is 14.2 Å². The van der Waals surface area contributed by atoms with E-state index in [-0.39, 0.29) is 4.47 Å². The second-order valence-electron chi connectivity index (χ2n) is 4.01. The average molecular weight is 382 g/mol. The molecule has 0 aliphatic heterocycles. The van der Waals surface area contributed by atoms with Gasteiger partial charge in [0.15, 0.2) is 11.6 Å². The van der Waals surface area contributed by atoms with Gasteiger partial charge in [0, 0.05) is 0 Å². The summed E-state index contributed by atoms with van der Waals surface area (Å²) < 4.78 is 26.8. The third-order valence-electron chi connectivity index (χ3n) is 2.84. The molecule has 2 aromatic carbocycles. The Kier molecular flexibility index (Phi) is 4.99. The van der Waals surface area contributed by atoms with Crippen LogP contribution in [-0.4, -0.2) is 0 Å². The molecule has 1 atom stereocenters. The minimum absolute atomic E-state index is 0.0171. The highest BCUT2D eigenvalue weighted by Crippen LogP contribution is 2.36. The first-order chi connectivity index (χ1) is 9.47. The van der Waals surface area contributed by atoms with Crippen LogP contribution in [0.15, 0.2) is 34.8 Å². The number of halogens is 5. The van der Waals surface area contributed by atoms with E-state index in [1.807, 2.05) is 0 Å². The van der Waals surface area contributed by atoms with Crippen LogP contribution in [0.25, 0.3) is 0 Å². The molecule has 0 aliphatic carbocycles. The molecule has 106 valence electrons. The Morgan fingerprint density at radius 2 is 1.80 bits per heavy atom. The van der Waals surface area contributed by atoms with Crippen LogP contribution in [0.5, 0.6) is 0 Å². The number of rotatable bonds is 3. The quantitative estimate of drug-likeness (QED) is 0.463. The largest absolute Gasteiger partial charge is 0.271 e. The van der Waals surface area contributed by atoms with Crippen molar-refractivity contribution >= 4 is 39.1 Å². The van der Waals surface area contributed by atoms with Gasteiger partial charge in [0.2, 0.25) is 0 Å². The lowest BCUT2D eigenvalue weighted by atomic mass is 9.99. The molecular formula is C13H9BrCl2F2N2. The molecule has 2 nitrogen and oxygen atoms in total. The molecule has 1 unspecified atom stereocenters. The third-order valence-corrected chi connectivity index (χ3v) is 4.47. The van der Waals surface area contributed by atoms with Gasteiger partial charge >= 0.3 is 0 Å². The van der Waals surface area contributed by atoms with Crippen molar-refractivity contribution in [3.8, 4) is 0 Å². The Morgan fingerprint density at radius 3 is 2.45 bits per heavy atom. The first-order valence-electron chi connectivity index (χ1n) is 5.50. The van der Waals surface area contributed by atoms with Crippen molar-refractivity contribution in [3.63, 3.8) is 0 Å². The van der Waals surface area contributed by atoms with Crippen molar-refractivity contribution in [2.45, 2.75) is 6.04 Å². The van der Waals surface area contributed by atoms with E-state index in [0.717, 1.165) is 6.07 Å². The molecule has 7 heteroatoms. The summed E-state index contributed by atoms with van der Waals surface area (Å²) in [5.74, 6) is 3.59. The molecule has 0 radical (unpaired) electrons. The molecule has 3 N–H and O–H groups in total. The fourth-order valence-corrected chi connectivity index (χ4v) is 2.82. The first kappa shape index (κ1) is 15.7. The van der Waals surface area contributed by atoms with Gasteiger partial charge in [-0.3, -0.25) is 5.84 Å². The van der Waals surface area contributed by atoms with Crippen LogP contribution in [0.3, 0.4) is 0 Å². The summed E-state index contributed by atoms with van der Waals surface area (Å²) in [6, 6.07) is 6.84. The maximum atomic E-state index is 13.6. The maximum Gasteiger partial charge on any atom is 0.173 e. The zero-order chi connectivity index (χ0) is 14.9. The van der Waals surface area contributed by atoms with Crippen LogP contribution in [0.4, 0.5) is 8.78 Å². The number of nitrogens with two attached hydrogens (primary N) is 1. The molecule has 2 aromatic rings. The van der Waals surface area contributed by atoms with Gasteiger partial charge in [-0.2, -0.15) is 0 Å². The molecule has 0 fully saturated rings. The van der Waals surface area contributed by atoms with Crippen LogP contribution < -0.4 is 11.3 Å². The normalized spacial score (nSPS) is 12.5. The van der Waals surface area contributed by atoms with Gasteiger partial charge in [0.25, 0.3) is 0 Å². The summed E-state index contributed by atoms with van der Waals surface area (Å²) in [5.41, 5.74) is 3.50. The second kappa shape index (κ2) is 6.37. The van der Waals surface area contributed by atoms with E-state index >= 15 is 0 Å². The average Bonchev–Trinajstić information content (AvgIpc) is 2.44. The van der Waals surface area contributed by atoms with E-state index in [1.165, 1.54) is 6.07 Å². The highest BCUT2D eigenvalue weighted by molar-refractivity contribution is 9.10. The van der Waals surface area contributed by atoms with E-state index in [1.54, 1.807) is 18.2 Å². The van der Waals surface area contributed by atoms with Crippen molar-refractivity contribution in [3.05, 3.63) is 67.6 Å². The minimum Gasteiger partial charge on any atom is -0.271 e. The van der Waals surface area contributed by atoms with E-state index in [2.05, 4.69) is 21.4 Å². The monoisotopic (exact) mass is 380 g/mol. The molecule has 0 bridgehead atoms. The highest BCUT2D eigenvalue weighted by Gasteiger charge is 2.22. The number of benzene rings is 2. The molecule has 2 rings (SSSR count). The predicted molar refractivity (Wildman–Crippen MR) is 79.7 cm³/mol. The topological polar surface area (TPSA) is 38.0 Å². The predicted octanol–water partition coefficient (Wildman–Crippen LogP) is 4.59. The Morgan fingerprint density at radius 1 is 1.10 bits per heavy atom. The van der Waals surface area contributed by atoms with Crippen LogP contribution >= 0.6 is 39.1 Å².